The average Bonchev–Trinajstić information content (AvgIpc) is 2.10. The summed E-state index contributed by atoms with van der Waals surface area (Å²) in [6.45, 7) is 1.79. The van der Waals surface area contributed by atoms with Crippen LogP contribution in [0.4, 0.5) is 0 Å². The summed E-state index contributed by atoms with van der Waals surface area (Å²) in [6, 6.07) is 0. The number of carbonyl (C=O) groups excluding carboxylic acids is 2. The second-order valence-corrected chi connectivity index (χ2v) is 2.40. The fourth-order valence-electron chi connectivity index (χ4n) is 0.534. The van der Waals surface area contributed by atoms with Crippen LogP contribution >= 0.6 is 0 Å². The van der Waals surface area contributed by atoms with Gasteiger partial charge in [-0.3, -0.25) is 4.79 Å². The fourth-order valence-corrected chi connectivity index (χ4v) is 0.534. The molecule has 0 fully saturated rings. The van der Waals surface area contributed by atoms with Crippen molar-refractivity contribution in [1.29, 1.82) is 0 Å². The summed E-state index contributed by atoms with van der Waals surface area (Å²) in [4.78, 5) is 20.9. The minimum absolute atomic E-state index is 0.293. The number of hydrogen-bond acceptors (Lipinski definition) is 3. The van der Waals surface area contributed by atoms with E-state index in [0.29, 0.717) is 25.7 Å². The summed E-state index contributed by atoms with van der Waals surface area (Å²) in [7, 11) is 0. The number of aldehydes is 1. The topological polar surface area (TPSA) is 43.4 Å². The molecule has 0 heterocycles. The van der Waals surface area contributed by atoms with Crippen LogP contribution in [0.25, 0.3) is 0 Å². The van der Waals surface area contributed by atoms with Crippen molar-refractivity contribution >= 4 is 12.3 Å². The summed E-state index contributed by atoms with van der Waals surface area (Å²) in [6.07, 6.45) is 6.78. The Morgan fingerprint density at radius 2 is 2.42 bits per heavy atom. The molecule has 1 atom stereocenters. The molecule has 66 valence electrons. The fraction of sp³-hybridized carbons (Fsp3) is 0.556. The molecule has 3 nitrogen and oxygen atoms in total. The van der Waals surface area contributed by atoms with Gasteiger partial charge in [0, 0.05) is 6.42 Å². The lowest BCUT2D eigenvalue weighted by Crippen LogP contribution is -2.16. The number of terminal acetylenes is 1. The molecule has 0 aliphatic carbocycles. The molecule has 0 saturated carbocycles. The number of rotatable bonds is 5. The van der Waals surface area contributed by atoms with Crippen molar-refractivity contribution in [3.05, 3.63) is 0 Å². The van der Waals surface area contributed by atoms with Crippen LogP contribution < -0.4 is 0 Å². The Morgan fingerprint density at radius 3 is 2.92 bits per heavy atom. The molecule has 0 rings (SSSR count). The van der Waals surface area contributed by atoms with Gasteiger partial charge in [0.2, 0.25) is 0 Å². The Balaban J connectivity index is 3.45. The lowest BCUT2D eigenvalue weighted by Gasteiger charge is -2.04. The van der Waals surface area contributed by atoms with E-state index in [-0.39, 0.29) is 0 Å². The molecule has 0 aromatic heterocycles. The van der Waals surface area contributed by atoms with Crippen molar-refractivity contribution in [2.75, 3.05) is 6.61 Å². The van der Waals surface area contributed by atoms with Gasteiger partial charge in [-0.15, -0.1) is 12.3 Å². The smallest absolute Gasteiger partial charge is 0.315 e. The molecule has 12 heavy (non-hydrogen) atoms. The quantitative estimate of drug-likeness (QED) is 0.200. The lowest BCUT2D eigenvalue weighted by molar-refractivity contribution is -0.149. The Morgan fingerprint density at radius 1 is 1.75 bits per heavy atom. The molecule has 0 saturated heterocycles. The molecule has 0 aromatic carbocycles. The highest BCUT2D eigenvalue weighted by molar-refractivity contribution is 5.87. The van der Waals surface area contributed by atoms with E-state index in [1.54, 1.807) is 0 Å². The molecule has 0 spiro atoms. The molecule has 0 amide bonds. The van der Waals surface area contributed by atoms with Crippen LogP contribution in [0.2, 0.25) is 0 Å². The molecular weight excluding hydrogens is 156 g/mol. The highest BCUT2D eigenvalue weighted by Gasteiger charge is 2.11. The van der Waals surface area contributed by atoms with E-state index in [0.717, 1.165) is 0 Å². The van der Waals surface area contributed by atoms with E-state index in [2.05, 4.69) is 5.92 Å². The predicted molar refractivity (Wildman–Crippen MR) is 44.3 cm³/mol. The molecule has 0 bridgehead atoms. The van der Waals surface area contributed by atoms with Crippen LogP contribution in [0.1, 0.15) is 19.8 Å². The Hall–Kier alpha value is -1.30. The summed E-state index contributed by atoms with van der Waals surface area (Å²) < 4.78 is 4.73. The van der Waals surface area contributed by atoms with Crippen LogP contribution in [0, 0.1) is 18.3 Å². The van der Waals surface area contributed by atoms with Gasteiger partial charge in [0.25, 0.3) is 0 Å². The second-order valence-electron chi connectivity index (χ2n) is 2.40. The summed E-state index contributed by atoms with van der Waals surface area (Å²) >= 11 is 0. The van der Waals surface area contributed by atoms with Crippen LogP contribution in [0.5, 0.6) is 0 Å². The zero-order valence-electron chi connectivity index (χ0n) is 7.08. The summed E-state index contributed by atoms with van der Waals surface area (Å²) in [5, 5.41) is 0. The standard InChI is InChI=1S/C9H12O3/c1-3-4-5-6-12-9(11)8(2)7-10/h1,7-8H,4-6H2,2H3. The highest BCUT2D eigenvalue weighted by atomic mass is 16.5. The third-order valence-corrected chi connectivity index (χ3v) is 1.29. The van der Waals surface area contributed by atoms with Gasteiger partial charge in [0.15, 0.2) is 0 Å². The first-order valence-corrected chi connectivity index (χ1v) is 3.77. The van der Waals surface area contributed by atoms with Gasteiger partial charge in [-0.25, -0.2) is 0 Å². The minimum atomic E-state index is -0.671. The van der Waals surface area contributed by atoms with E-state index >= 15 is 0 Å². The van der Waals surface area contributed by atoms with Crippen molar-refractivity contribution in [1.82, 2.24) is 0 Å². The second kappa shape index (κ2) is 6.41. The lowest BCUT2D eigenvalue weighted by atomic mass is 10.2. The van der Waals surface area contributed by atoms with Gasteiger partial charge in [0.1, 0.15) is 12.2 Å². The van der Waals surface area contributed by atoms with E-state index in [4.69, 9.17) is 11.2 Å². The molecule has 0 aliphatic heterocycles. The van der Waals surface area contributed by atoms with Crippen molar-refractivity contribution in [2.45, 2.75) is 19.8 Å². The Kier molecular flexibility index (Phi) is 5.72. The number of esters is 1. The monoisotopic (exact) mass is 168 g/mol. The maximum absolute atomic E-state index is 10.8. The summed E-state index contributed by atoms with van der Waals surface area (Å²) in [5.41, 5.74) is 0. The van der Waals surface area contributed by atoms with Gasteiger partial charge in [-0.1, -0.05) is 0 Å². The van der Waals surface area contributed by atoms with Crippen LogP contribution in [0.3, 0.4) is 0 Å². The van der Waals surface area contributed by atoms with E-state index in [1.807, 2.05) is 0 Å². The third-order valence-electron chi connectivity index (χ3n) is 1.29. The summed E-state index contributed by atoms with van der Waals surface area (Å²) in [5.74, 6) is 1.27. The van der Waals surface area contributed by atoms with Crippen molar-refractivity contribution in [2.24, 2.45) is 5.92 Å². The van der Waals surface area contributed by atoms with Crippen molar-refractivity contribution in [3.8, 4) is 12.3 Å². The zero-order chi connectivity index (χ0) is 9.40. The highest BCUT2D eigenvalue weighted by Crippen LogP contribution is 1.96. The molecule has 0 radical (unpaired) electrons. The number of unbranched alkanes of at least 4 members (excludes halogenated alkanes) is 1. The first-order chi connectivity index (χ1) is 5.72. The van der Waals surface area contributed by atoms with Gasteiger partial charge in [0.05, 0.1) is 6.61 Å². The number of carbonyl (C=O) groups is 2. The molecule has 0 aromatic rings. The van der Waals surface area contributed by atoms with Crippen molar-refractivity contribution in [3.63, 3.8) is 0 Å². The third kappa shape index (κ3) is 4.51. The van der Waals surface area contributed by atoms with Crippen LogP contribution in [-0.2, 0) is 14.3 Å². The van der Waals surface area contributed by atoms with Crippen LogP contribution in [-0.4, -0.2) is 18.9 Å². The minimum Gasteiger partial charge on any atom is -0.465 e. The van der Waals surface area contributed by atoms with Crippen molar-refractivity contribution < 1.29 is 14.3 Å². The van der Waals surface area contributed by atoms with E-state index in [1.165, 1.54) is 6.92 Å². The zero-order valence-corrected chi connectivity index (χ0v) is 7.08. The SMILES string of the molecule is C#CCCCOC(=O)C(C)C=O. The molecule has 0 aliphatic rings. The molecule has 1 unspecified atom stereocenters. The van der Waals surface area contributed by atoms with Gasteiger partial charge < -0.3 is 9.53 Å². The van der Waals surface area contributed by atoms with E-state index in [9.17, 15) is 9.59 Å². The molecular formula is C9H12O3. The number of ether oxygens (including phenoxy) is 1. The molecule has 3 heteroatoms. The first-order valence-electron chi connectivity index (χ1n) is 3.77. The maximum atomic E-state index is 10.8. The van der Waals surface area contributed by atoms with Gasteiger partial charge in [-0.05, 0) is 13.3 Å². The Labute approximate surface area is 72.1 Å². The first kappa shape index (κ1) is 10.7. The maximum Gasteiger partial charge on any atom is 0.315 e. The van der Waals surface area contributed by atoms with Crippen LogP contribution in [0.15, 0.2) is 0 Å². The van der Waals surface area contributed by atoms with Gasteiger partial charge >= 0.3 is 5.97 Å². The van der Waals surface area contributed by atoms with E-state index < -0.39 is 11.9 Å². The van der Waals surface area contributed by atoms with Gasteiger partial charge in [-0.2, -0.15) is 0 Å². The largest absolute Gasteiger partial charge is 0.465 e. The Bertz CT molecular complexity index is 190. The average molecular weight is 168 g/mol. The predicted octanol–water partition coefficient (Wildman–Crippen LogP) is 0.778. The molecule has 0 N–H and O–H groups in total. The normalized spacial score (nSPS) is 11.3. The number of hydrogen-bond donors (Lipinski definition) is 0.